The summed E-state index contributed by atoms with van der Waals surface area (Å²) in [5, 5.41) is 1.88. The quantitative estimate of drug-likeness (QED) is 0.762. The Morgan fingerprint density at radius 2 is 2.18 bits per heavy atom. The first-order valence-electron chi connectivity index (χ1n) is 5.59. The molecule has 2 rings (SSSR count). The summed E-state index contributed by atoms with van der Waals surface area (Å²) in [5.41, 5.74) is 0. The van der Waals surface area contributed by atoms with Gasteiger partial charge in [0.05, 0.1) is 17.8 Å². The van der Waals surface area contributed by atoms with Crippen LogP contribution in [0.25, 0.3) is 10.8 Å². The molecule has 0 aliphatic carbocycles. The summed E-state index contributed by atoms with van der Waals surface area (Å²) >= 11 is 6.00. The molecule has 0 radical (unpaired) electrons. The lowest BCUT2D eigenvalue weighted by Gasteiger charge is -2.08. The molecule has 2 aromatic rings. The first-order valence-corrected chi connectivity index (χ1v) is 5.96. The van der Waals surface area contributed by atoms with Crippen LogP contribution in [0.4, 0.5) is 4.39 Å². The van der Waals surface area contributed by atoms with Gasteiger partial charge in [0, 0.05) is 10.8 Å². The summed E-state index contributed by atoms with van der Waals surface area (Å²) in [7, 11) is 0. The summed E-state index contributed by atoms with van der Waals surface area (Å²) < 4.78 is 18.7. The van der Waals surface area contributed by atoms with Crippen LogP contribution in [0.3, 0.4) is 0 Å². The van der Waals surface area contributed by atoms with E-state index in [1.54, 1.807) is 6.07 Å². The molecule has 90 valence electrons. The molecule has 0 unspecified atom stereocenters. The van der Waals surface area contributed by atoms with Gasteiger partial charge in [-0.05, 0) is 24.6 Å². The maximum absolute atomic E-state index is 13.2. The zero-order chi connectivity index (χ0) is 12.3. The lowest BCUT2D eigenvalue weighted by molar-refractivity contribution is 0.301. The summed E-state index contributed by atoms with van der Waals surface area (Å²) in [4.78, 5) is 4.10. The molecule has 1 aromatic carbocycles. The predicted octanol–water partition coefficient (Wildman–Crippen LogP) is 4.21. The molecule has 0 saturated carbocycles. The second kappa shape index (κ2) is 5.32. The molecule has 0 amide bonds. The second-order valence-corrected chi connectivity index (χ2v) is 4.21. The van der Waals surface area contributed by atoms with Crippen molar-refractivity contribution >= 4 is 22.4 Å². The highest BCUT2D eigenvalue weighted by molar-refractivity contribution is 6.35. The molecule has 17 heavy (non-hydrogen) atoms. The van der Waals surface area contributed by atoms with Crippen LogP contribution < -0.4 is 4.74 Å². The zero-order valence-corrected chi connectivity index (χ0v) is 10.3. The van der Waals surface area contributed by atoms with Crippen molar-refractivity contribution in [2.24, 2.45) is 0 Å². The second-order valence-electron chi connectivity index (χ2n) is 3.80. The van der Waals surface area contributed by atoms with Gasteiger partial charge in [0.25, 0.3) is 0 Å². The average molecular weight is 254 g/mol. The Morgan fingerprint density at radius 1 is 1.35 bits per heavy atom. The van der Waals surface area contributed by atoms with Crippen molar-refractivity contribution in [1.29, 1.82) is 0 Å². The Labute approximate surface area is 104 Å². The Morgan fingerprint density at radius 3 is 2.94 bits per heavy atom. The Hall–Kier alpha value is -1.35. The minimum Gasteiger partial charge on any atom is -0.477 e. The van der Waals surface area contributed by atoms with Crippen molar-refractivity contribution in [2.75, 3.05) is 6.61 Å². The van der Waals surface area contributed by atoms with Gasteiger partial charge < -0.3 is 4.74 Å². The summed E-state index contributed by atoms with van der Waals surface area (Å²) in [6.07, 6.45) is 3.52. The number of unbranched alkanes of at least 4 members (excludes halogenated alkanes) is 1. The Kier molecular flexibility index (Phi) is 3.79. The smallest absolute Gasteiger partial charge is 0.221 e. The molecule has 0 spiro atoms. The fourth-order valence-electron chi connectivity index (χ4n) is 1.58. The van der Waals surface area contributed by atoms with E-state index in [1.807, 2.05) is 0 Å². The van der Waals surface area contributed by atoms with Gasteiger partial charge in [-0.2, -0.15) is 0 Å². The minimum atomic E-state index is -0.318. The van der Waals surface area contributed by atoms with Crippen molar-refractivity contribution < 1.29 is 9.13 Å². The number of benzene rings is 1. The number of halogens is 2. The number of ether oxygens (including phenoxy) is 1. The van der Waals surface area contributed by atoms with Crippen LogP contribution >= 0.6 is 11.6 Å². The Balaban J connectivity index is 2.41. The third-order valence-electron chi connectivity index (χ3n) is 2.50. The zero-order valence-electron chi connectivity index (χ0n) is 9.54. The molecule has 2 nitrogen and oxygen atoms in total. The topological polar surface area (TPSA) is 22.1 Å². The third-order valence-corrected chi connectivity index (χ3v) is 2.80. The predicted molar refractivity (Wildman–Crippen MR) is 67.1 cm³/mol. The molecule has 1 aromatic heterocycles. The van der Waals surface area contributed by atoms with Crippen molar-refractivity contribution in [1.82, 2.24) is 4.98 Å². The first-order chi connectivity index (χ1) is 8.22. The third kappa shape index (κ3) is 2.67. The first kappa shape index (κ1) is 12.1. The molecule has 0 N–H and O–H groups in total. The van der Waals surface area contributed by atoms with Gasteiger partial charge in [-0.1, -0.05) is 24.9 Å². The maximum Gasteiger partial charge on any atom is 0.221 e. The molecule has 0 aliphatic rings. The van der Waals surface area contributed by atoms with Crippen LogP contribution in [0.2, 0.25) is 5.02 Å². The monoisotopic (exact) mass is 253 g/mol. The average Bonchev–Trinajstić information content (AvgIpc) is 2.32. The molecular formula is C13H13ClFNO. The molecule has 1 heterocycles. The summed E-state index contributed by atoms with van der Waals surface area (Å²) in [6, 6.07) is 4.42. The van der Waals surface area contributed by atoms with Crippen LogP contribution in [0, 0.1) is 5.82 Å². The maximum atomic E-state index is 13.2. The summed E-state index contributed by atoms with van der Waals surface area (Å²) in [5.74, 6) is 0.124. The van der Waals surface area contributed by atoms with Gasteiger partial charge in [-0.25, -0.2) is 9.37 Å². The van der Waals surface area contributed by atoms with Gasteiger partial charge in [0.15, 0.2) is 0 Å². The SMILES string of the molecule is CCCCOc1ncc(Cl)c2ccc(F)cc12. The van der Waals surface area contributed by atoms with Gasteiger partial charge in [-0.3, -0.25) is 0 Å². The van der Waals surface area contributed by atoms with E-state index in [0.29, 0.717) is 22.9 Å². The van der Waals surface area contributed by atoms with Gasteiger partial charge in [0.2, 0.25) is 5.88 Å². The van der Waals surface area contributed by atoms with E-state index < -0.39 is 0 Å². The molecule has 0 aliphatic heterocycles. The van der Waals surface area contributed by atoms with Gasteiger partial charge >= 0.3 is 0 Å². The lowest BCUT2D eigenvalue weighted by atomic mass is 10.1. The highest BCUT2D eigenvalue weighted by Crippen LogP contribution is 2.29. The van der Waals surface area contributed by atoms with Crippen molar-refractivity contribution in [2.45, 2.75) is 19.8 Å². The largest absolute Gasteiger partial charge is 0.477 e. The van der Waals surface area contributed by atoms with Crippen molar-refractivity contribution in [3.05, 3.63) is 35.2 Å². The number of rotatable bonds is 4. The van der Waals surface area contributed by atoms with Gasteiger partial charge in [0.1, 0.15) is 5.82 Å². The van der Waals surface area contributed by atoms with Gasteiger partial charge in [-0.15, -0.1) is 0 Å². The van der Waals surface area contributed by atoms with Crippen LogP contribution in [0.15, 0.2) is 24.4 Å². The molecule has 0 fully saturated rings. The van der Waals surface area contributed by atoms with E-state index in [1.165, 1.54) is 18.3 Å². The fraction of sp³-hybridized carbons (Fsp3) is 0.308. The molecule has 0 saturated heterocycles. The van der Waals surface area contributed by atoms with Crippen molar-refractivity contribution in [3.63, 3.8) is 0 Å². The number of nitrogens with zero attached hydrogens (tertiary/aromatic N) is 1. The van der Waals surface area contributed by atoms with E-state index in [0.717, 1.165) is 18.2 Å². The lowest BCUT2D eigenvalue weighted by Crippen LogP contribution is -1.99. The van der Waals surface area contributed by atoms with Crippen molar-refractivity contribution in [3.8, 4) is 5.88 Å². The standard InChI is InChI=1S/C13H13ClFNO/c1-2-3-6-17-13-11-7-9(15)4-5-10(11)12(14)8-16-13/h4-5,7-8H,2-3,6H2,1H3. The number of hydrogen-bond donors (Lipinski definition) is 0. The van der Waals surface area contributed by atoms with E-state index in [2.05, 4.69) is 11.9 Å². The molecule has 0 bridgehead atoms. The molecule has 0 atom stereocenters. The highest BCUT2D eigenvalue weighted by atomic mass is 35.5. The minimum absolute atomic E-state index is 0.318. The molecular weight excluding hydrogens is 241 g/mol. The number of pyridine rings is 1. The Bertz CT molecular complexity index is 530. The number of fused-ring (bicyclic) bond motifs is 1. The van der Waals surface area contributed by atoms with Crippen LogP contribution in [0.1, 0.15) is 19.8 Å². The normalized spacial score (nSPS) is 10.8. The molecule has 4 heteroatoms. The van der Waals surface area contributed by atoms with Crippen LogP contribution in [0.5, 0.6) is 5.88 Å². The highest BCUT2D eigenvalue weighted by Gasteiger charge is 2.08. The number of aromatic nitrogens is 1. The van der Waals surface area contributed by atoms with E-state index >= 15 is 0 Å². The van der Waals surface area contributed by atoms with E-state index in [-0.39, 0.29) is 5.82 Å². The summed E-state index contributed by atoms with van der Waals surface area (Å²) in [6.45, 7) is 2.66. The number of hydrogen-bond acceptors (Lipinski definition) is 2. The van der Waals surface area contributed by atoms with Crippen LogP contribution in [-0.4, -0.2) is 11.6 Å². The van der Waals surface area contributed by atoms with E-state index in [9.17, 15) is 4.39 Å². The fourth-order valence-corrected chi connectivity index (χ4v) is 1.80. The van der Waals surface area contributed by atoms with Crippen LogP contribution in [-0.2, 0) is 0 Å². The van der Waals surface area contributed by atoms with E-state index in [4.69, 9.17) is 16.3 Å².